The minimum absolute atomic E-state index is 0.200. The molecule has 1 heterocycles. The third-order valence-electron chi connectivity index (χ3n) is 3.56. The summed E-state index contributed by atoms with van der Waals surface area (Å²) in [5.41, 5.74) is 1.26. The van der Waals surface area contributed by atoms with E-state index in [2.05, 4.69) is 4.72 Å². The predicted molar refractivity (Wildman–Crippen MR) is 80.7 cm³/mol. The number of nitrogens with zero attached hydrogens (tertiary/aromatic N) is 1. The molecule has 2 N–H and O–H groups in total. The molecule has 0 aliphatic carbocycles. The maximum absolute atomic E-state index is 12.3. The fourth-order valence-corrected chi connectivity index (χ4v) is 3.64. The lowest BCUT2D eigenvalue weighted by Crippen LogP contribution is -2.42. The number of benzene rings is 1. The zero-order valence-corrected chi connectivity index (χ0v) is 13.1. The Balaban J connectivity index is 2.05. The van der Waals surface area contributed by atoms with Crippen molar-refractivity contribution < 1.29 is 18.3 Å². The van der Waals surface area contributed by atoms with Crippen LogP contribution in [0.4, 0.5) is 5.69 Å². The topological polar surface area (TPSA) is 86.7 Å². The van der Waals surface area contributed by atoms with E-state index in [-0.39, 0.29) is 13.1 Å². The zero-order valence-electron chi connectivity index (χ0n) is 11.5. The van der Waals surface area contributed by atoms with Gasteiger partial charge in [0.2, 0.25) is 0 Å². The van der Waals surface area contributed by atoms with Gasteiger partial charge in [0, 0.05) is 18.1 Å². The summed E-state index contributed by atoms with van der Waals surface area (Å²) in [6.45, 7) is 2.23. The van der Waals surface area contributed by atoms with Crippen LogP contribution in [0.1, 0.15) is 18.4 Å². The van der Waals surface area contributed by atoms with Gasteiger partial charge in [-0.3, -0.25) is 9.52 Å². The molecule has 1 saturated heterocycles. The van der Waals surface area contributed by atoms with E-state index in [1.165, 1.54) is 4.31 Å². The Morgan fingerprint density at radius 3 is 2.52 bits per heavy atom. The molecular weight excluding hydrogens is 316 g/mol. The zero-order chi connectivity index (χ0) is 15.6. The number of carboxylic acid groups (broad SMARTS) is 1. The molecule has 1 aromatic carbocycles. The van der Waals surface area contributed by atoms with E-state index < -0.39 is 22.1 Å². The maximum atomic E-state index is 12.3. The minimum atomic E-state index is -3.68. The largest absolute Gasteiger partial charge is 0.481 e. The number of carbonyl (C=O) groups is 1. The molecule has 1 fully saturated rings. The van der Waals surface area contributed by atoms with E-state index in [0.717, 1.165) is 5.56 Å². The first-order chi connectivity index (χ1) is 9.79. The number of hydrogen-bond acceptors (Lipinski definition) is 3. The summed E-state index contributed by atoms with van der Waals surface area (Å²) < 4.78 is 28.2. The molecule has 1 aliphatic heterocycles. The van der Waals surface area contributed by atoms with Crippen molar-refractivity contribution in [1.82, 2.24) is 4.31 Å². The van der Waals surface area contributed by atoms with E-state index in [1.807, 2.05) is 6.92 Å². The van der Waals surface area contributed by atoms with Gasteiger partial charge in [-0.25, -0.2) is 0 Å². The van der Waals surface area contributed by atoms with Gasteiger partial charge >= 0.3 is 16.2 Å². The Kier molecular flexibility index (Phi) is 4.75. The van der Waals surface area contributed by atoms with Crippen LogP contribution in [0.3, 0.4) is 0 Å². The molecule has 116 valence electrons. The smallest absolute Gasteiger partial charge is 0.306 e. The Labute approximate surface area is 128 Å². The fourth-order valence-electron chi connectivity index (χ4n) is 2.21. The van der Waals surface area contributed by atoms with Crippen LogP contribution in [0.2, 0.25) is 5.02 Å². The normalized spacial score (nSPS) is 17.6. The molecule has 0 aromatic heterocycles. The molecule has 0 atom stereocenters. The number of hydrogen-bond donors (Lipinski definition) is 2. The van der Waals surface area contributed by atoms with Crippen LogP contribution in [0.5, 0.6) is 0 Å². The van der Waals surface area contributed by atoms with E-state index in [9.17, 15) is 13.2 Å². The molecule has 6 nitrogen and oxygen atoms in total. The molecular formula is C13H17ClN2O4S. The van der Waals surface area contributed by atoms with Crippen LogP contribution < -0.4 is 4.72 Å². The highest BCUT2D eigenvalue weighted by Gasteiger charge is 2.30. The van der Waals surface area contributed by atoms with Gasteiger partial charge in [0.1, 0.15) is 0 Å². The second kappa shape index (κ2) is 6.21. The lowest BCUT2D eigenvalue weighted by atomic mass is 9.99. The molecule has 1 aliphatic rings. The van der Waals surface area contributed by atoms with Crippen molar-refractivity contribution in [3.8, 4) is 0 Å². The first-order valence-corrected chi connectivity index (χ1v) is 8.38. The van der Waals surface area contributed by atoms with Crippen molar-refractivity contribution in [2.45, 2.75) is 19.8 Å². The molecule has 0 amide bonds. The Hall–Kier alpha value is -1.31. The van der Waals surface area contributed by atoms with Crippen molar-refractivity contribution in [2.24, 2.45) is 5.92 Å². The molecule has 0 radical (unpaired) electrons. The molecule has 0 saturated carbocycles. The van der Waals surface area contributed by atoms with Crippen LogP contribution in [-0.4, -0.2) is 36.9 Å². The Bertz CT molecular complexity index is 640. The number of rotatable bonds is 4. The number of aliphatic carboxylic acids is 1. The van der Waals surface area contributed by atoms with Crippen molar-refractivity contribution >= 4 is 33.5 Å². The van der Waals surface area contributed by atoms with Crippen LogP contribution >= 0.6 is 11.6 Å². The lowest BCUT2D eigenvalue weighted by molar-refractivity contribution is -0.142. The second-order valence-electron chi connectivity index (χ2n) is 5.08. The Morgan fingerprint density at radius 1 is 1.38 bits per heavy atom. The van der Waals surface area contributed by atoms with Gasteiger partial charge in [-0.1, -0.05) is 17.7 Å². The van der Waals surface area contributed by atoms with Crippen LogP contribution in [0.25, 0.3) is 0 Å². The number of piperidine rings is 1. The van der Waals surface area contributed by atoms with Gasteiger partial charge in [-0.05, 0) is 37.5 Å². The quantitative estimate of drug-likeness (QED) is 0.884. The highest BCUT2D eigenvalue weighted by Crippen LogP contribution is 2.24. The summed E-state index contributed by atoms with van der Waals surface area (Å²) in [5.74, 6) is -1.34. The first kappa shape index (κ1) is 16.1. The molecule has 0 bridgehead atoms. The summed E-state index contributed by atoms with van der Waals surface area (Å²) >= 11 is 5.97. The molecule has 0 unspecified atom stereocenters. The molecule has 0 spiro atoms. The van der Waals surface area contributed by atoms with E-state index >= 15 is 0 Å². The molecule has 2 rings (SSSR count). The van der Waals surface area contributed by atoms with Crippen molar-refractivity contribution in [2.75, 3.05) is 17.8 Å². The number of aryl methyl sites for hydroxylation is 1. The number of nitrogens with one attached hydrogen (secondary N) is 1. The summed E-state index contributed by atoms with van der Waals surface area (Å²) in [5, 5.41) is 9.41. The van der Waals surface area contributed by atoms with Gasteiger partial charge in [0.15, 0.2) is 0 Å². The van der Waals surface area contributed by atoms with Gasteiger partial charge in [0.05, 0.1) is 11.6 Å². The van der Waals surface area contributed by atoms with Crippen LogP contribution in [-0.2, 0) is 15.0 Å². The average Bonchev–Trinajstić information content (AvgIpc) is 2.43. The van der Waals surface area contributed by atoms with E-state index in [4.69, 9.17) is 16.7 Å². The molecule has 1 aromatic rings. The highest BCUT2D eigenvalue weighted by atomic mass is 35.5. The second-order valence-corrected chi connectivity index (χ2v) is 7.16. The average molecular weight is 333 g/mol. The molecule has 8 heteroatoms. The summed E-state index contributed by atoms with van der Waals surface area (Å²) in [6.07, 6.45) is 0.649. The SMILES string of the molecule is Cc1ccc(NS(=O)(=O)N2CCC(C(=O)O)CC2)cc1Cl. The predicted octanol–water partition coefficient (Wildman–Crippen LogP) is 2.10. The van der Waals surface area contributed by atoms with E-state index in [1.54, 1.807) is 18.2 Å². The van der Waals surface area contributed by atoms with E-state index in [0.29, 0.717) is 23.6 Å². The van der Waals surface area contributed by atoms with Gasteiger partial charge in [-0.15, -0.1) is 0 Å². The Morgan fingerprint density at radius 2 is 2.00 bits per heavy atom. The molecule has 21 heavy (non-hydrogen) atoms. The number of halogens is 1. The van der Waals surface area contributed by atoms with Crippen LogP contribution in [0.15, 0.2) is 18.2 Å². The third-order valence-corrected chi connectivity index (χ3v) is 5.51. The minimum Gasteiger partial charge on any atom is -0.481 e. The summed E-state index contributed by atoms with van der Waals surface area (Å²) in [4.78, 5) is 10.9. The monoisotopic (exact) mass is 332 g/mol. The van der Waals surface area contributed by atoms with Crippen LogP contribution in [0, 0.1) is 12.8 Å². The first-order valence-electron chi connectivity index (χ1n) is 6.56. The number of anilines is 1. The van der Waals surface area contributed by atoms with Crippen molar-refractivity contribution in [3.63, 3.8) is 0 Å². The summed E-state index contributed by atoms with van der Waals surface area (Å²) in [7, 11) is -3.68. The van der Waals surface area contributed by atoms with Gasteiger partial charge < -0.3 is 5.11 Å². The van der Waals surface area contributed by atoms with Gasteiger partial charge in [0.25, 0.3) is 0 Å². The third kappa shape index (κ3) is 3.87. The maximum Gasteiger partial charge on any atom is 0.306 e. The highest BCUT2D eigenvalue weighted by molar-refractivity contribution is 7.90. The van der Waals surface area contributed by atoms with Crippen molar-refractivity contribution in [1.29, 1.82) is 0 Å². The summed E-state index contributed by atoms with van der Waals surface area (Å²) in [6, 6.07) is 4.93. The fraction of sp³-hybridized carbons (Fsp3) is 0.462. The van der Waals surface area contributed by atoms with Gasteiger partial charge in [-0.2, -0.15) is 12.7 Å². The standard InChI is InChI=1S/C13H17ClN2O4S/c1-9-2-3-11(8-12(9)14)15-21(19,20)16-6-4-10(5-7-16)13(17)18/h2-3,8,10,15H,4-7H2,1H3,(H,17,18). The van der Waals surface area contributed by atoms with Crippen molar-refractivity contribution in [3.05, 3.63) is 28.8 Å². The lowest BCUT2D eigenvalue weighted by Gasteiger charge is -2.29. The number of carboxylic acids is 1.